The summed E-state index contributed by atoms with van der Waals surface area (Å²) in [7, 11) is 3.27. The van der Waals surface area contributed by atoms with Crippen LogP contribution in [0.2, 0.25) is 4.34 Å². The third-order valence-corrected chi connectivity index (χ3v) is 3.67. The Hall–Kier alpha value is -0.130. The molecule has 2 N–H and O–H groups in total. The van der Waals surface area contributed by atoms with Crippen LogP contribution >= 0.6 is 22.9 Å². The van der Waals surface area contributed by atoms with Crippen LogP contribution < -0.4 is 5.73 Å². The van der Waals surface area contributed by atoms with Gasteiger partial charge in [-0.1, -0.05) is 11.6 Å². The lowest BCUT2D eigenvalue weighted by molar-refractivity contribution is -0.218. The molecule has 1 rings (SSSR count). The minimum atomic E-state index is -0.697. The molecule has 0 unspecified atom stereocenters. The summed E-state index contributed by atoms with van der Waals surface area (Å²) in [6.07, 6.45) is 1.57. The molecule has 1 aromatic heterocycles. The highest BCUT2D eigenvalue weighted by Crippen LogP contribution is 2.37. The van der Waals surface area contributed by atoms with E-state index in [9.17, 15) is 0 Å². The van der Waals surface area contributed by atoms with Crippen LogP contribution in [0.25, 0.3) is 0 Å². The van der Waals surface area contributed by atoms with Crippen molar-refractivity contribution in [1.82, 2.24) is 0 Å². The summed E-state index contributed by atoms with van der Waals surface area (Å²) in [5, 5.41) is 0. The van der Waals surface area contributed by atoms with E-state index < -0.39 is 5.79 Å². The summed E-state index contributed by atoms with van der Waals surface area (Å²) in [5.41, 5.74) is 5.49. The Morgan fingerprint density at radius 1 is 1.40 bits per heavy atom. The van der Waals surface area contributed by atoms with Gasteiger partial charge in [-0.15, -0.1) is 11.3 Å². The Morgan fingerprint density at radius 3 is 2.47 bits per heavy atom. The average molecular weight is 250 g/mol. The second-order valence-electron chi connectivity index (χ2n) is 3.16. The molecule has 15 heavy (non-hydrogen) atoms. The second-order valence-corrected chi connectivity index (χ2v) is 4.87. The van der Waals surface area contributed by atoms with Crippen LogP contribution in [0.5, 0.6) is 0 Å². The van der Waals surface area contributed by atoms with E-state index in [1.54, 1.807) is 14.2 Å². The largest absolute Gasteiger partial charge is 0.349 e. The minimum Gasteiger partial charge on any atom is -0.349 e. The van der Waals surface area contributed by atoms with Gasteiger partial charge in [0.25, 0.3) is 0 Å². The van der Waals surface area contributed by atoms with Crippen molar-refractivity contribution < 1.29 is 9.47 Å². The first-order valence-corrected chi connectivity index (χ1v) is 5.94. The molecule has 86 valence electrons. The van der Waals surface area contributed by atoms with Gasteiger partial charge in [0.05, 0.1) is 9.21 Å². The summed E-state index contributed by atoms with van der Waals surface area (Å²) in [4.78, 5) is 0.978. The monoisotopic (exact) mass is 249 g/mol. The number of methoxy groups -OCH3 is 2. The van der Waals surface area contributed by atoms with Gasteiger partial charge in [0.1, 0.15) is 0 Å². The standard InChI is InChI=1S/C10H16ClNO2S/c1-13-10(14-2,6-3-7-12)8-4-5-9(11)15-8/h4-5H,3,6-7,12H2,1-2H3. The van der Waals surface area contributed by atoms with E-state index in [1.807, 2.05) is 12.1 Å². The maximum Gasteiger partial charge on any atom is 0.203 e. The van der Waals surface area contributed by atoms with E-state index in [4.69, 9.17) is 26.8 Å². The van der Waals surface area contributed by atoms with Gasteiger partial charge in [-0.25, -0.2) is 0 Å². The summed E-state index contributed by atoms with van der Waals surface area (Å²) >= 11 is 7.37. The quantitative estimate of drug-likeness (QED) is 0.789. The van der Waals surface area contributed by atoms with Crippen molar-refractivity contribution in [3.05, 3.63) is 21.3 Å². The normalized spacial score (nSPS) is 12.0. The van der Waals surface area contributed by atoms with E-state index >= 15 is 0 Å². The maximum atomic E-state index is 5.90. The number of rotatable bonds is 6. The Balaban J connectivity index is 2.88. The van der Waals surface area contributed by atoms with Crippen molar-refractivity contribution in [2.75, 3.05) is 20.8 Å². The third kappa shape index (κ3) is 2.92. The van der Waals surface area contributed by atoms with Crippen molar-refractivity contribution >= 4 is 22.9 Å². The van der Waals surface area contributed by atoms with E-state index in [2.05, 4.69) is 0 Å². The number of ether oxygens (including phenoxy) is 2. The molecule has 0 aliphatic carbocycles. The molecule has 0 aliphatic rings. The highest BCUT2D eigenvalue weighted by molar-refractivity contribution is 7.16. The minimum absolute atomic E-state index is 0.619. The Bertz CT molecular complexity index is 299. The number of nitrogens with two attached hydrogens (primary N) is 1. The fraction of sp³-hybridized carbons (Fsp3) is 0.600. The first kappa shape index (κ1) is 12.9. The van der Waals surface area contributed by atoms with Gasteiger partial charge in [-0.3, -0.25) is 0 Å². The topological polar surface area (TPSA) is 44.5 Å². The molecular weight excluding hydrogens is 234 g/mol. The fourth-order valence-electron chi connectivity index (χ4n) is 1.47. The van der Waals surface area contributed by atoms with Gasteiger partial charge in [-0.05, 0) is 25.1 Å². The zero-order valence-electron chi connectivity index (χ0n) is 8.96. The van der Waals surface area contributed by atoms with Crippen molar-refractivity contribution in [1.29, 1.82) is 0 Å². The van der Waals surface area contributed by atoms with E-state index in [0.717, 1.165) is 22.1 Å². The summed E-state index contributed by atoms with van der Waals surface area (Å²) in [5.74, 6) is -0.697. The molecule has 0 radical (unpaired) electrons. The predicted molar refractivity (Wildman–Crippen MR) is 63.3 cm³/mol. The molecule has 0 amide bonds. The van der Waals surface area contributed by atoms with Gasteiger partial charge < -0.3 is 15.2 Å². The lowest BCUT2D eigenvalue weighted by Crippen LogP contribution is -2.30. The molecular formula is C10H16ClNO2S. The summed E-state index contributed by atoms with van der Waals surface area (Å²) in [6, 6.07) is 3.77. The highest BCUT2D eigenvalue weighted by atomic mass is 35.5. The average Bonchev–Trinajstić information content (AvgIpc) is 2.68. The molecule has 0 spiro atoms. The van der Waals surface area contributed by atoms with Gasteiger partial charge in [-0.2, -0.15) is 0 Å². The van der Waals surface area contributed by atoms with Crippen molar-refractivity contribution in [3.63, 3.8) is 0 Å². The first-order valence-electron chi connectivity index (χ1n) is 4.74. The molecule has 0 atom stereocenters. The number of thiophene rings is 1. The Morgan fingerprint density at radius 2 is 2.07 bits per heavy atom. The highest BCUT2D eigenvalue weighted by Gasteiger charge is 2.32. The van der Waals surface area contributed by atoms with Gasteiger partial charge in [0.15, 0.2) is 0 Å². The number of hydrogen-bond donors (Lipinski definition) is 1. The molecule has 0 aromatic carbocycles. The lowest BCUT2D eigenvalue weighted by atomic mass is 10.1. The van der Waals surface area contributed by atoms with Crippen molar-refractivity contribution in [2.24, 2.45) is 5.73 Å². The lowest BCUT2D eigenvalue weighted by Gasteiger charge is -2.29. The molecule has 0 aliphatic heterocycles. The van der Waals surface area contributed by atoms with Crippen LogP contribution in [-0.4, -0.2) is 20.8 Å². The predicted octanol–water partition coefficient (Wildman–Crippen LogP) is 2.59. The van der Waals surface area contributed by atoms with Crippen molar-refractivity contribution in [3.8, 4) is 0 Å². The van der Waals surface area contributed by atoms with Crippen LogP contribution in [0.1, 0.15) is 17.7 Å². The van der Waals surface area contributed by atoms with Crippen LogP contribution in [0.3, 0.4) is 0 Å². The number of halogens is 1. The fourth-order valence-corrected chi connectivity index (χ4v) is 2.68. The molecule has 5 heteroatoms. The molecule has 0 saturated carbocycles. The smallest absolute Gasteiger partial charge is 0.203 e. The Labute approximate surface area is 99.1 Å². The van der Waals surface area contributed by atoms with Crippen LogP contribution in [-0.2, 0) is 15.3 Å². The van der Waals surface area contributed by atoms with E-state index in [1.165, 1.54) is 11.3 Å². The molecule has 0 fully saturated rings. The summed E-state index contributed by atoms with van der Waals surface area (Å²) in [6.45, 7) is 0.619. The zero-order chi connectivity index (χ0) is 11.3. The van der Waals surface area contributed by atoms with E-state index in [-0.39, 0.29) is 0 Å². The van der Waals surface area contributed by atoms with Gasteiger partial charge in [0.2, 0.25) is 5.79 Å². The Kier molecular flexibility index (Phi) is 5.02. The molecule has 0 saturated heterocycles. The van der Waals surface area contributed by atoms with E-state index in [0.29, 0.717) is 6.54 Å². The third-order valence-electron chi connectivity index (χ3n) is 2.32. The van der Waals surface area contributed by atoms with Crippen molar-refractivity contribution in [2.45, 2.75) is 18.6 Å². The van der Waals surface area contributed by atoms with Crippen LogP contribution in [0.4, 0.5) is 0 Å². The maximum absolute atomic E-state index is 5.90. The number of hydrogen-bond acceptors (Lipinski definition) is 4. The molecule has 0 bridgehead atoms. The zero-order valence-corrected chi connectivity index (χ0v) is 10.5. The van der Waals surface area contributed by atoms with Crippen LogP contribution in [0.15, 0.2) is 12.1 Å². The summed E-state index contributed by atoms with van der Waals surface area (Å²) < 4.78 is 11.7. The molecule has 3 nitrogen and oxygen atoms in total. The molecule has 1 aromatic rings. The van der Waals surface area contributed by atoms with Crippen LogP contribution in [0, 0.1) is 0 Å². The van der Waals surface area contributed by atoms with Gasteiger partial charge in [0, 0.05) is 20.6 Å². The second kappa shape index (κ2) is 5.82. The molecule has 1 heterocycles. The first-order chi connectivity index (χ1) is 7.18. The SMILES string of the molecule is COC(CCCN)(OC)c1ccc(Cl)s1. The van der Waals surface area contributed by atoms with Gasteiger partial charge >= 0.3 is 0 Å².